The molecule has 1 aliphatic rings. The molecule has 4 nitrogen and oxygen atoms in total. The topological polar surface area (TPSA) is 66.0 Å². The number of alkyl halides is 3. The van der Waals surface area contributed by atoms with Crippen LogP contribution in [0.2, 0.25) is 0 Å². The van der Waals surface area contributed by atoms with Crippen LogP contribution >= 0.6 is 0 Å². The number of nitrogens with two attached hydrogens (primary N) is 1. The number of pyridine rings is 1. The molecule has 7 heteroatoms. The van der Waals surface area contributed by atoms with Crippen molar-refractivity contribution in [1.82, 2.24) is 4.98 Å². The number of unbranched alkanes of at least 4 members (excludes halogenated alkanes) is 1. The highest BCUT2D eigenvalue weighted by Gasteiger charge is 2.36. The summed E-state index contributed by atoms with van der Waals surface area (Å²) in [7, 11) is 0. The van der Waals surface area contributed by atoms with Crippen LogP contribution in [0.4, 0.5) is 19.0 Å². The lowest BCUT2D eigenvalue weighted by molar-refractivity contribution is -0.141. The van der Waals surface area contributed by atoms with E-state index < -0.39 is 11.9 Å². The maximum absolute atomic E-state index is 12.9. The Hall–Kier alpha value is -1.79. The van der Waals surface area contributed by atoms with Crippen molar-refractivity contribution in [3.05, 3.63) is 23.4 Å². The molecule has 0 unspecified atom stereocenters. The molecule has 0 radical (unpaired) electrons. The SMILES string of the molecule is CCCCN(c1nc(C(F)(F)F)ccc1C(=N)N)C1CC1. The zero-order chi connectivity index (χ0) is 15.6. The molecule has 1 aliphatic carbocycles. The average Bonchev–Trinajstić information content (AvgIpc) is 3.22. The maximum Gasteiger partial charge on any atom is 0.433 e. The molecule has 0 bridgehead atoms. The highest BCUT2D eigenvalue weighted by Crippen LogP contribution is 2.35. The highest BCUT2D eigenvalue weighted by molar-refractivity contribution is 5.99. The van der Waals surface area contributed by atoms with E-state index in [0.717, 1.165) is 31.7 Å². The molecule has 1 aromatic rings. The highest BCUT2D eigenvalue weighted by atomic mass is 19.4. The minimum Gasteiger partial charge on any atom is -0.384 e. The van der Waals surface area contributed by atoms with Crippen LogP contribution in [0.3, 0.4) is 0 Å². The average molecular weight is 300 g/mol. The Labute approximate surface area is 121 Å². The molecule has 21 heavy (non-hydrogen) atoms. The molecule has 1 aromatic heterocycles. The summed E-state index contributed by atoms with van der Waals surface area (Å²) in [4.78, 5) is 5.63. The van der Waals surface area contributed by atoms with Gasteiger partial charge >= 0.3 is 6.18 Å². The summed E-state index contributed by atoms with van der Waals surface area (Å²) in [6.07, 6.45) is -0.800. The lowest BCUT2D eigenvalue weighted by atomic mass is 10.1. The fraction of sp³-hybridized carbons (Fsp3) is 0.571. The molecule has 0 spiro atoms. The fourth-order valence-electron chi connectivity index (χ4n) is 2.21. The Morgan fingerprint density at radius 1 is 1.43 bits per heavy atom. The third-order valence-corrected chi connectivity index (χ3v) is 3.47. The first-order valence-electron chi connectivity index (χ1n) is 7.04. The molecule has 116 valence electrons. The van der Waals surface area contributed by atoms with E-state index in [1.54, 1.807) is 0 Å². The molecular formula is C14H19F3N4. The summed E-state index contributed by atoms with van der Waals surface area (Å²) in [5, 5.41) is 7.56. The fourth-order valence-corrected chi connectivity index (χ4v) is 2.21. The third-order valence-electron chi connectivity index (χ3n) is 3.47. The lowest BCUT2D eigenvalue weighted by Crippen LogP contribution is -2.31. The molecule has 1 heterocycles. The van der Waals surface area contributed by atoms with E-state index in [1.807, 2.05) is 11.8 Å². The summed E-state index contributed by atoms with van der Waals surface area (Å²) in [5.74, 6) is -0.0679. The summed E-state index contributed by atoms with van der Waals surface area (Å²) in [6.45, 7) is 2.66. The quantitative estimate of drug-likeness (QED) is 0.626. The zero-order valence-electron chi connectivity index (χ0n) is 11.9. The van der Waals surface area contributed by atoms with E-state index in [4.69, 9.17) is 11.1 Å². The molecule has 0 aromatic carbocycles. The van der Waals surface area contributed by atoms with Crippen molar-refractivity contribution in [2.75, 3.05) is 11.4 Å². The van der Waals surface area contributed by atoms with Crippen molar-refractivity contribution in [2.24, 2.45) is 5.73 Å². The van der Waals surface area contributed by atoms with E-state index >= 15 is 0 Å². The van der Waals surface area contributed by atoms with Gasteiger partial charge in [0.1, 0.15) is 17.3 Å². The van der Waals surface area contributed by atoms with Gasteiger partial charge in [0.25, 0.3) is 0 Å². The second-order valence-corrected chi connectivity index (χ2v) is 5.26. The number of halogens is 3. The monoisotopic (exact) mass is 300 g/mol. The van der Waals surface area contributed by atoms with Crippen LogP contribution in [-0.2, 0) is 6.18 Å². The second-order valence-electron chi connectivity index (χ2n) is 5.26. The summed E-state index contributed by atoms with van der Waals surface area (Å²) in [5.41, 5.74) is 4.83. The Morgan fingerprint density at radius 3 is 2.57 bits per heavy atom. The Morgan fingerprint density at radius 2 is 2.10 bits per heavy atom. The molecule has 3 N–H and O–H groups in total. The molecule has 0 atom stereocenters. The first kappa shape index (κ1) is 15.6. The predicted molar refractivity (Wildman–Crippen MR) is 75.5 cm³/mol. The first-order chi connectivity index (χ1) is 9.84. The van der Waals surface area contributed by atoms with Gasteiger partial charge in [0.15, 0.2) is 0 Å². The maximum atomic E-state index is 12.9. The van der Waals surface area contributed by atoms with E-state index in [-0.39, 0.29) is 23.3 Å². The number of anilines is 1. The van der Waals surface area contributed by atoms with Gasteiger partial charge in [-0.3, -0.25) is 5.41 Å². The van der Waals surface area contributed by atoms with Crippen molar-refractivity contribution in [1.29, 1.82) is 5.41 Å². The number of nitrogens with one attached hydrogen (secondary N) is 1. The van der Waals surface area contributed by atoms with Crippen LogP contribution in [0.1, 0.15) is 43.9 Å². The number of nitrogens with zero attached hydrogens (tertiary/aromatic N) is 2. The minimum atomic E-state index is -4.50. The van der Waals surface area contributed by atoms with Gasteiger partial charge in [-0.15, -0.1) is 0 Å². The molecule has 0 amide bonds. The predicted octanol–water partition coefficient (Wildman–Crippen LogP) is 3.15. The molecule has 0 saturated heterocycles. The van der Waals surface area contributed by atoms with E-state index in [2.05, 4.69) is 4.98 Å². The van der Waals surface area contributed by atoms with Crippen molar-refractivity contribution in [3.63, 3.8) is 0 Å². The summed E-state index contributed by atoms with van der Waals surface area (Å²) in [6, 6.07) is 2.34. The van der Waals surface area contributed by atoms with Crippen LogP contribution in [0.5, 0.6) is 0 Å². The van der Waals surface area contributed by atoms with Gasteiger partial charge in [0, 0.05) is 12.6 Å². The van der Waals surface area contributed by atoms with Crippen LogP contribution in [0, 0.1) is 5.41 Å². The minimum absolute atomic E-state index is 0.188. The van der Waals surface area contributed by atoms with Crippen LogP contribution in [-0.4, -0.2) is 23.4 Å². The Kier molecular flexibility index (Phi) is 4.39. The molecule has 2 rings (SSSR count). The third kappa shape index (κ3) is 3.65. The van der Waals surface area contributed by atoms with Gasteiger partial charge in [0.2, 0.25) is 0 Å². The zero-order valence-corrected chi connectivity index (χ0v) is 11.9. The summed E-state index contributed by atoms with van der Waals surface area (Å²) < 4.78 is 38.6. The largest absolute Gasteiger partial charge is 0.433 e. The molecule has 1 fully saturated rings. The van der Waals surface area contributed by atoms with E-state index in [9.17, 15) is 13.2 Å². The van der Waals surface area contributed by atoms with Gasteiger partial charge in [-0.05, 0) is 31.4 Å². The van der Waals surface area contributed by atoms with Crippen molar-refractivity contribution in [3.8, 4) is 0 Å². The van der Waals surface area contributed by atoms with Crippen LogP contribution in [0.15, 0.2) is 12.1 Å². The van der Waals surface area contributed by atoms with Crippen molar-refractivity contribution < 1.29 is 13.2 Å². The van der Waals surface area contributed by atoms with Crippen molar-refractivity contribution in [2.45, 2.75) is 44.8 Å². The molecule has 1 saturated carbocycles. The van der Waals surface area contributed by atoms with E-state index in [1.165, 1.54) is 6.07 Å². The summed E-state index contributed by atoms with van der Waals surface area (Å²) >= 11 is 0. The van der Waals surface area contributed by atoms with Gasteiger partial charge in [-0.25, -0.2) is 4.98 Å². The van der Waals surface area contributed by atoms with Gasteiger partial charge < -0.3 is 10.6 Å². The van der Waals surface area contributed by atoms with Crippen LogP contribution in [0.25, 0.3) is 0 Å². The normalized spacial score (nSPS) is 15.0. The second kappa shape index (κ2) is 5.91. The van der Waals surface area contributed by atoms with E-state index in [0.29, 0.717) is 6.54 Å². The Bertz CT molecular complexity index is 523. The lowest BCUT2D eigenvalue weighted by Gasteiger charge is -2.26. The number of rotatable bonds is 6. The molecule has 0 aliphatic heterocycles. The number of amidine groups is 1. The number of aromatic nitrogens is 1. The smallest absolute Gasteiger partial charge is 0.384 e. The number of hydrogen-bond acceptors (Lipinski definition) is 3. The van der Waals surface area contributed by atoms with Gasteiger partial charge in [0.05, 0.1) is 5.56 Å². The number of nitrogen functional groups attached to an aromatic ring is 1. The van der Waals surface area contributed by atoms with Gasteiger partial charge in [-0.2, -0.15) is 13.2 Å². The Balaban J connectivity index is 2.43. The standard InChI is InChI=1S/C14H19F3N4/c1-2-3-8-21(9-4-5-9)13-10(12(18)19)6-7-11(20-13)14(15,16)17/h6-7,9H,2-5,8H2,1H3,(H3,18,19). The van der Waals surface area contributed by atoms with Gasteiger partial charge in [-0.1, -0.05) is 13.3 Å². The van der Waals surface area contributed by atoms with Crippen LogP contribution < -0.4 is 10.6 Å². The first-order valence-corrected chi connectivity index (χ1v) is 7.04. The molecular weight excluding hydrogens is 281 g/mol. The van der Waals surface area contributed by atoms with Crippen molar-refractivity contribution >= 4 is 11.7 Å². The number of hydrogen-bond donors (Lipinski definition) is 2.